The number of amides is 1. The number of hydrogen-bond donors (Lipinski definition) is 1. The molecule has 0 spiro atoms. The molecule has 2 rings (SSSR count). The van der Waals surface area contributed by atoms with Gasteiger partial charge in [-0.15, -0.1) is 0 Å². The Bertz CT molecular complexity index is 840. The Morgan fingerprint density at radius 1 is 1.04 bits per heavy atom. The van der Waals surface area contributed by atoms with Crippen molar-refractivity contribution in [2.75, 3.05) is 11.9 Å². The molecule has 0 aliphatic carbocycles. The Hall–Kier alpha value is -2.08. The van der Waals surface area contributed by atoms with Crippen LogP contribution in [0.5, 0.6) is 0 Å². The van der Waals surface area contributed by atoms with Crippen molar-refractivity contribution in [3.8, 4) is 0 Å². The van der Waals surface area contributed by atoms with Crippen molar-refractivity contribution in [2.24, 2.45) is 0 Å². The maximum atomic E-state index is 12.9. The van der Waals surface area contributed by atoms with E-state index >= 15 is 0 Å². The molecule has 0 saturated heterocycles. The third-order valence-electron chi connectivity index (χ3n) is 2.91. The third kappa shape index (κ3) is 6.05. The number of anilines is 1. The van der Waals surface area contributed by atoms with Gasteiger partial charge < -0.3 is 10.1 Å². The molecule has 0 saturated carbocycles. The zero-order valence-electron chi connectivity index (χ0n) is 12.6. The molecule has 130 valence electrons. The van der Waals surface area contributed by atoms with E-state index in [1.807, 2.05) is 0 Å². The minimum absolute atomic E-state index is 0.0409. The van der Waals surface area contributed by atoms with Gasteiger partial charge in [0.1, 0.15) is 5.82 Å². The maximum Gasteiger partial charge on any atom is 0.331 e. The molecule has 0 radical (unpaired) electrons. The van der Waals surface area contributed by atoms with Crippen LogP contribution in [-0.4, -0.2) is 18.5 Å². The lowest BCUT2D eigenvalue weighted by atomic mass is 10.2. The number of benzene rings is 2. The highest BCUT2D eigenvalue weighted by molar-refractivity contribution is 6.42. The second-order valence-corrected chi connectivity index (χ2v) is 6.01. The van der Waals surface area contributed by atoms with Crippen LogP contribution >= 0.6 is 34.8 Å². The molecule has 0 unspecified atom stereocenters. The molecule has 0 aliphatic heterocycles. The number of hydrogen-bond acceptors (Lipinski definition) is 3. The van der Waals surface area contributed by atoms with Gasteiger partial charge in [0.2, 0.25) is 0 Å². The number of ether oxygens (including phenoxy) is 1. The summed E-state index contributed by atoms with van der Waals surface area (Å²) in [6, 6.07) is 8.35. The molecular formula is C17H11Cl3FNO3. The van der Waals surface area contributed by atoms with Crippen LogP contribution in [-0.2, 0) is 14.3 Å². The summed E-state index contributed by atoms with van der Waals surface area (Å²) in [6.45, 7) is -0.516. The molecule has 0 fully saturated rings. The lowest BCUT2D eigenvalue weighted by Crippen LogP contribution is -2.20. The summed E-state index contributed by atoms with van der Waals surface area (Å²) >= 11 is 17.4. The molecule has 25 heavy (non-hydrogen) atoms. The topological polar surface area (TPSA) is 55.4 Å². The quantitative estimate of drug-likeness (QED) is 0.567. The van der Waals surface area contributed by atoms with E-state index in [4.69, 9.17) is 39.5 Å². The van der Waals surface area contributed by atoms with Gasteiger partial charge in [0.25, 0.3) is 5.91 Å². The first-order valence-corrected chi connectivity index (χ1v) is 8.03. The third-order valence-corrected chi connectivity index (χ3v) is 3.96. The van der Waals surface area contributed by atoms with E-state index in [1.54, 1.807) is 18.2 Å². The maximum absolute atomic E-state index is 12.9. The number of esters is 1. The Labute approximate surface area is 158 Å². The molecule has 0 bridgehead atoms. The second kappa shape index (κ2) is 8.85. The number of halogens is 4. The van der Waals surface area contributed by atoms with Crippen LogP contribution in [0.3, 0.4) is 0 Å². The molecule has 0 aromatic heterocycles. The first-order chi connectivity index (χ1) is 11.8. The van der Waals surface area contributed by atoms with E-state index in [1.165, 1.54) is 12.1 Å². The minimum atomic E-state index is -0.716. The van der Waals surface area contributed by atoms with Crippen LogP contribution in [0.15, 0.2) is 42.5 Å². The van der Waals surface area contributed by atoms with Crippen molar-refractivity contribution in [3.05, 3.63) is 68.9 Å². The van der Waals surface area contributed by atoms with Crippen LogP contribution in [0.25, 0.3) is 6.08 Å². The van der Waals surface area contributed by atoms with Crippen molar-refractivity contribution in [3.63, 3.8) is 0 Å². The molecule has 1 amide bonds. The van der Waals surface area contributed by atoms with Crippen molar-refractivity contribution in [2.45, 2.75) is 0 Å². The predicted molar refractivity (Wildman–Crippen MR) is 96.5 cm³/mol. The fourth-order valence-electron chi connectivity index (χ4n) is 1.74. The number of carbonyl (C=O) groups excluding carboxylic acids is 2. The van der Waals surface area contributed by atoms with Crippen molar-refractivity contribution < 1.29 is 18.7 Å². The largest absolute Gasteiger partial charge is 0.452 e. The van der Waals surface area contributed by atoms with Gasteiger partial charge in [-0.3, -0.25) is 4.79 Å². The normalized spacial score (nSPS) is 10.7. The van der Waals surface area contributed by atoms with E-state index < -0.39 is 24.3 Å². The lowest BCUT2D eigenvalue weighted by molar-refractivity contribution is -0.142. The molecule has 2 aromatic carbocycles. The van der Waals surface area contributed by atoms with E-state index in [0.717, 1.165) is 18.2 Å². The molecule has 0 atom stereocenters. The van der Waals surface area contributed by atoms with Gasteiger partial charge in [0, 0.05) is 6.08 Å². The number of rotatable bonds is 5. The fourth-order valence-corrected chi connectivity index (χ4v) is 2.26. The van der Waals surface area contributed by atoms with E-state index in [-0.39, 0.29) is 10.7 Å². The van der Waals surface area contributed by atoms with Crippen molar-refractivity contribution >= 4 is 58.4 Å². The van der Waals surface area contributed by atoms with E-state index in [2.05, 4.69) is 5.32 Å². The van der Waals surface area contributed by atoms with Crippen LogP contribution in [0.2, 0.25) is 15.1 Å². The average molecular weight is 403 g/mol. The van der Waals surface area contributed by atoms with Gasteiger partial charge >= 0.3 is 5.97 Å². The lowest BCUT2D eigenvalue weighted by Gasteiger charge is -2.07. The highest BCUT2D eigenvalue weighted by atomic mass is 35.5. The second-order valence-electron chi connectivity index (χ2n) is 4.79. The van der Waals surface area contributed by atoms with Gasteiger partial charge in [-0.05, 0) is 42.0 Å². The van der Waals surface area contributed by atoms with Crippen LogP contribution in [0.1, 0.15) is 5.56 Å². The molecular weight excluding hydrogens is 392 g/mol. The highest BCUT2D eigenvalue weighted by Crippen LogP contribution is 2.23. The van der Waals surface area contributed by atoms with Crippen LogP contribution in [0, 0.1) is 5.82 Å². The first kappa shape index (κ1) is 19.2. The number of nitrogens with one attached hydrogen (secondary N) is 1. The molecule has 0 aliphatic rings. The minimum Gasteiger partial charge on any atom is -0.452 e. The average Bonchev–Trinajstić information content (AvgIpc) is 2.56. The van der Waals surface area contributed by atoms with E-state index in [0.29, 0.717) is 15.6 Å². The van der Waals surface area contributed by atoms with Crippen LogP contribution < -0.4 is 5.32 Å². The molecule has 0 heterocycles. The zero-order valence-corrected chi connectivity index (χ0v) is 14.8. The summed E-state index contributed by atoms with van der Waals surface area (Å²) in [7, 11) is 0. The Balaban J connectivity index is 1.85. The van der Waals surface area contributed by atoms with Gasteiger partial charge in [0.05, 0.1) is 20.8 Å². The Kier molecular flexibility index (Phi) is 6.82. The summed E-state index contributed by atoms with van der Waals surface area (Å²) in [5.41, 5.74) is 0.865. The highest BCUT2D eigenvalue weighted by Gasteiger charge is 2.09. The fraction of sp³-hybridized carbons (Fsp3) is 0.0588. The predicted octanol–water partition coefficient (Wildman–Crippen LogP) is 4.98. The summed E-state index contributed by atoms with van der Waals surface area (Å²) < 4.78 is 17.7. The monoisotopic (exact) mass is 401 g/mol. The summed E-state index contributed by atoms with van der Waals surface area (Å²) in [5.74, 6) is -1.85. The summed E-state index contributed by atoms with van der Waals surface area (Å²) in [6.07, 6.45) is 2.62. The summed E-state index contributed by atoms with van der Waals surface area (Å²) in [4.78, 5) is 23.3. The zero-order chi connectivity index (χ0) is 18.4. The Morgan fingerprint density at radius 2 is 1.80 bits per heavy atom. The molecule has 4 nitrogen and oxygen atoms in total. The molecule has 2 aromatic rings. The van der Waals surface area contributed by atoms with Gasteiger partial charge in [-0.1, -0.05) is 40.9 Å². The Morgan fingerprint density at radius 3 is 2.48 bits per heavy atom. The smallest absolute Gasteiger partial charge is 0.331 e. The van der Waals surface area contributed by atoms with Gasteiger partial charge in [-0.25, -0.2) is 9.18 Å². The van der Waals surface area contributed by atoms with Crippen molar-refractivity contribution in [1.82, 2.24) is 0 Å². The standard InChI is InChI=1S/C17H11Cl3FNO3/c18-12-4-1-10(7-13(12)19)2-6-17(24)25-9-16(23)22-15-5-3-11(21)8-14(15)20/h1-8H,9H2,(H,22,23)/b6-2+. The first-order valence-electron chi connectivity index (χ1n) is 6.90. The molecule has 8 heteroatoms. The number of carbonyl (C=O) groups is 2. The SMILES string of the molecule is O=C(COC(=O)/C=C/c1ccc(Cl)c(Cl)c1)Nc1ccc(F)cc1Cl. The van der Waals surface area contributed by atoms with Crippen molar-refractivity contribution in [1.29, 1.82) is 0 Å². The van der Waals surface area contributed by atoms with Crippen LogP contribution in [0.4, 0.5) is 10.1 Å². The van der Waals surface area contributed by atoms with E-state index in [9.17, 15) is 14.0 Å². The summed E-state index contributed by atoms with van der Waals surface area (Å²) in [5, 5.41) is 3.21. The molecule has 1 N–H and O–H groups in total. The van der Waals surface area contributed by atoms with Gasteiger partial charge in [0.15, 0.2) is 6.61 Å². The van der Waals surface area contributed by atoms with Gasteiger partial charge in [-0.2, -0.15) is 0 Å².